The molecule has 1 aliphatic carbocycles. The summed E-state index contributed by atoms with van der Waals surface area (Å²) in [5.74, 6) is 0. The number of rotatable bonds is 2. The standard InChI is InChI=1S/C9H13.2ClH.Zr/c1-3-8-6-5-7-9(8)4-2;;;/h6H,3-4,7H2,1-2H3;2*1H;/q-1;;;. The number of hydrogen-bond acceptors (Lipinski definition) is 0. The summed E-state index contributed by atoms with van der Waals surface area (Å²) in [6.07, 6.45) is 8.82. The van der Waals surface area contributed by atoms with Gasteiger partial charge in [-0.2, -0.15) is 11.1 Å². The van der Waals surface area contributed by atoms with E-state index in [0.29, 0.717) is 0 Å². The monoisotopic (exact) mass is 283 g/mol. The maximum absolute atomic E-state index is 3.23. The fourth-order valence-corrected chi connectivity index (χ4v) is 1.22. The molecule has 0 unspecified atom stereocenters. The van der Waals surface area contributed by atoms with E-state index in [9.17, 15) is 0 Å². The summed E-state index contributed by atoms with van der Waals surface area (Å²) in [6, 6.07) is 0. The van der Waals surface area contributed by atoms with Gasteiger partial charge in [0.25, 0.3) is 0 Å². The first kappa shape index (κ1) is 18.7. The molecule has 0 aromatic rings. The Morgan fingerprint density at radius 2 is 1.83 bits per heavy atom. The van der Waals surface area contributed by atoms with Crippen molar-refractivity contribution in [3.05, 3.63) is 23.3 Å². The first-order chi connectivity index (χ1) is 4.38. The van der Waals surface area contributed by atoms with Gasteiger partial charge in [0.05, 0.1) is 0 Å². The fraction of sp³-hybridized carbons (Fsp3) is 0.556. The minimum absolute atomic E-state index is 0. The summed E-state index contributed by atoms with van der Waals surface area (Å²) in [5, 5.41) is 0. The van der Waals surface area contributed by atoms with Crippen LogP contribution in [0, 0.1) is 6.08 Å². The van der Waals surface area contributed by atoms with Crippen LogP contribution in [0.3, 0.4) is 0 Å². The molecule has 0 atom stereocenters. The molecule has 0 spiro atoms. The molecule has 70 valence electrons. The number of hydrogen-bond donors (Lipinski definition) is 0. The summed E-state index contributed by atoms with van der Waals surface area (Å²) >= 11 is 0. The van der Waals surface area contributed by atoms with Gasteiger partial charge in [0.2, 0.25) is 0 Å². The quantitative estimate of drug-likeness (QED) is 0.679. The third-order valence-corrected chi connectivity index (χ3v) is 1.85. The second kappa shape index (κ2) is 10.0. The predicted molar refractivity (Wildman–Crippen MR) is 54.5 cm³/mol. The van der Waals surface area contributed by atoms with Crippen molar-refractivity contribution in [3.63, 3.8) is 0 Å². The molecule has 0 aromatic carbocycles. The fourth-order valence-electron chi connectivity index (χ4n) is 1.22. The molecule has 1 rings (SSSR count). The van der Waals surface area contributed by atoms with E-state index in [1.807, 2.05) is 0 Å². The van der Waals surface area contributed by atoms with Crippen LogP contribution in [-0.2, 0) is 26.2 Å². The molecule has 12 heavy (non-hydrogen) atoms. The van der Waals surface area contributed by atoms with Crippen molar-refractivity contribution in [3.8, 4) is 0 Å². The van der Waals surface area contributed by atoms with Gasteiger partial charge in [0.15, 0.2) is 0 Å². The Hall–Kier alpha value is 0.943. The van der Waals surface area contributed by atoms with Crippen LogP contribution in [0.15, 0.2) is 17.2 Å². The molecule has 0 radical (unpaired) electrons. The van der Waals surface area contributed by atoms with E-state index in [1.54, 1.807) is 5.57 Å². The molecule has 0 saturated carbocycles. The third kappa shape index (κ3) is 4.85. The van der Waals surface area contributed by atoms with Crippen molar-refractivity contribution >= 4 is 24.8 Å². The van der Waals surface area contributed by atoms with Gasteiger partial charge in [-0.15, -0.1) is 31.2 Å². The van der Waals surface area contributed by atoms with Crippen LogP contribution < -0.4 is 0 Å². The second-order valence-electron chi connectivity index (χ2n) is 2.36. The Morgan fingerprint density at radius 3 is 2.17 bits per heavy atom. The van der Waals surface area contributed by atoms with Crippen molar-refractivity contribution in [2.75, 3.05) is 0 Å². The van der Waals surface area contributed by atoms with Crippen LogP contribution in [0.1, 0.15) is 33.1 Å². The molecule has 0 bridgehead atoms. The first-order valence-corrected chi connectivity index (χ1v) is 3.66. The Labute approximate surface area is 107 Å². The van der Waals surface area contributed by atoms with Gasteiger partial charge in [-0.05, 0) is 0 Å². The molecule has 0 N–H and O–H groups in total. The number of allylic oxidation sites excluding steroid dienone is 4. The molecule has 3 heteroatoms. The van der Waals surface area contributed by atoms with Crippen LogP contribution in [-0.4, -0.2) is 0 Å². The SMILES string of the molecule is CCC1=C(CC)C[C-]=C1.Cl.Cl.[Zr]. The normalized spacial score (nSPS) is 13.2. The minimum atomic E-state index is 0. The zero-order valence-corrected chi connectivity index (χ0v) is 11.6. The predicted octanol–water partition coefficient (Wildman–Crippen LogP) is 3.71. The molecule has 0 heterocycles. The molecule has 1 aliphatic rings. The number of halogens is 2. The summed E-state index contributed by atoms with van der Waals surface area (Å²) < 4.78 is 0. The van der Waals surface area contributed by atoms with Gasteiger partial charge in [0, 0.05) is 26.2 Å². The first-order valence-electron chi connectivity index (χ1n) is 3.66. The van der Waals surface area contributed by atoms with Gasteiger partial charge < -0.3 is 0 Å². The van der Waals surface area contributed by atoms with Crippen molar-refractivity contribution in [2.24, 2.45) is 0 Å². The minimum Gasteiger partial charge on any atom is -0.272 e. The van der Waals surface area contributed by atoms with Crippen molar-refractivity contribution < 1.29 is 26.2 Å². The Balaban J connectivity index is -0.000000270. The van der Waals surface area contributed by atoms with Gasteiger partial charge >= 0.3 is 0 Å². The van der Waals surface area contributed by atoms with Crippen LogP contribution in [0.5, 0.6) is 0 Å². The summed E-state index contributed by atoms with van der Waals surface area (Å²) in [5.41, 5.74) is 3.09. The molecular weight excluding hydrogens is 270 g/mol. The summed E-state index contributed by atoms with van der Waals surface area (Å²) in [7, 11) is 0. The Kier molecular flexibility index (Phi) is 15.6. The van der Waals surface area contributed by atoms with E-state index in [-0.39, 0.29) is 51.0 Å². The van der Waals surface area contributed by atoms with Crippen molar-refractivity contribution in [1.82, 2.24) is 0 Å². The molecule has 0 amide bonds. The van der Waals surface area contributed by atoms with Gasteiger partial charge in [-0.25, -0.2) is 6.08 Å². The van der Waals surface area contributed by atoms with Crippen LogP contribution >= 0.6 is 24.8 Å². The topological polar surface area (TPSA) is 0 Å². The molecule has 0 fully saturated rings. The Morgan fingerprint density at radius 1 is 1.25 bits per heavy atom. The second-order valence-corrected chi connectivity index (χ2v) is 2.36. The van der Waals surface area contributed by atoms with Crippen LogP contribution in [0.25, 0.3) is 0 Å². The van der Waals surface area contributed by atoms with E-state index in [0.717, 1.165) is 6.42 Å². The van der Waals surface area contributed by atoms with E-state index in [4.69, 9.17) is 0 Å². The van der Waals surface area contributed by atoms with Gasteiger partial charge in [-0.1, -0.05) is 26.7 Å². The maximum atomic E-state index is 3.23. The molecular formula is C9H15Cl2Zr-. The largest absolute Gasteiger partial charge is 0.272 e. The molecule has 0 nitrogen and oxygen atoms in total. The van der Waals surface area contributed by atoms with Crippen molar-refractivity contribution in [2.45, 2.75) is 33.1 Å². The van der Waals surface area contributed by atoms with Crippen LogP contribution in [0.4, 0.5) is 0 Å². The van der Waals surface area contributed by atoms with Crippen LogP contribution in [0.2, 0.25) is 0 Å². The van der Waals surface area contributed by atoms with E-state index in [2.05, 4.69) is 26.0 Å². The average molecular weight is 285 g/mol. The average Bonchev–Trinajstić information content (AvgIpc) is 2.33. The third-order valence-electron chi connectivity index (χ3n) is 1.85. The summed E-state index contributed by atoms with van der Waals surface area (Å²) in [6.45, 7) is 4.42. The maximum Gasteiger partial charge on any atom is 0 e. The molecule has 0 aliphatic heterocycles. The zero-order chi connectivity index (χ0) is 6.69. The van der Waals surface area contributed by atoms with Gasteiger partial charge in [-0.3, -0.25) is 6.08 Å². The van der Waals surface area contributed by atoms with E-state index < -0.39 is 0 Å². The zero-order valence-electron chi connectivity index (χ0n) is 7.52. The van der Waals surface area contributed by atoms with E-state index in [1.165, 1.54) is 18.4 Å². The van der Waals surface area contributed by atoms with Crippen molar-refractivity contribution in [1.29, 1.82) is 0 Å². The molecule has 0 aromatic heterocycles. The van der Waals surface area contributed by atoms with E-state index >= 15 is 0 Å². The van der Waals surface area contributed by atoms with Gasteiger partial charge in [0.1, 0.15) is 0 Å². The smallest absolute Gasteiger partial charge is 0 e. The summed E-state index contributed by atoms with van der Waals surface area (Å²) in [4.78, 5) is 0. The molecule has 0 saturated heterocycles. The Bertz CT molecular complexity index is 162.